The summed E-state index contributed by atoms with van der Waals surface area (Å²) in [5.74, 6) is -0.256. The van der Waals surface area contributed by atoms with Crippen LogP contribution in [0, 0.1) is 0 Å². The van der Waals surface area contributed by atoms with Gasteiger partial charge in [-0.25, -0.2) is 14.7 Å². The van der Waals surface area contributed by atoms with E-state index < -0.39 is 12.1 Å². The standard InChI is InChI=1S/C20H21N5O2S/c1-4-12-13(5-2)28-20-14(12)15(11-9-7-6-8-10-11)22-19(27-3)18-23-17(16(21)26)24-25(18)20/h6-10,19H,4-5H2,1-3H3,(H2,21,26). The normalized spacial score (nSPS) is 15.5. The topological polar surface area (TPSA) is 95.4 Å². The highest BCUT2D eigenvalue weighted by Crippen LogP contribution is 2.39. The van der Waals surface area contributed by atoms with E-state index in [1.165, 1.54) is 10.4 Å². The van der Waals surface area contributed by atoms with E-state index in [2.05, 4.69) is 23.9 Å². The molecule has 1 aliphatic heterocycles. The average molecular weight is 395 g/mol. The molecule has 3 aromatic rings. The van der Waals surface area contributed by atoms with Crippen LogP contribution in [0.5, 0.6) is 0 Å². The first-order valence-corrected chi connectivity index (χ1v) is 9.98. The zero-order valence-corrected chi connectivity index (χ0v) is 16.8. The minimum absolute atomic E-state index is 0.0362. The molecular weight excluding hydrogens is 374 g/mol. The molecule has 2 N–H and O–H groups in total. The molecule has 28 heavy (non-hydrogen) atoms. The van der Waals surface area contributed by atoms with E-state index in [4.69, 9.17) is 15.5 Å². The highest BCUT2D eigenvalue weighted by molar-refractivity contribution is 7.15. The summed E-state index contributed by atoms with van der Waals surface area (Å²) in [5.41, 5.74) is 9.54. The second-order valence-corrected chi connectivity index (χ2v) is 7.48. The summed E-state index contributed by atoms with van der Waals surface area (Å²) in [6.07, 6.45) is 1.08. The van der Waals surface area contributed by atoms with Gasteiger partial charge in [-0.2, -0.15) is 0 Å². The van der Waals surface area contributed by atoms with Crippen LogP contribution in [0.25, 0.3) is 5.00 Å². The third-order valence-electron chi connectivity index (χ3n) is 4.77. The molecule has 1 aliphatic rings. The summed E-state index contributed by atoms with van der Waals surface area (Å²) in [4.78, 5) is 22.2. The van der Waals surface area contributed by atoms with Crippen molar-refractivity contribution in [2.45, 2.75) is 32.9 Å². The maximum atomic E-state index is 11.7. The van der Waals surface area contributed by atoms with Crippen molar-refractivity contribution in [1.82, 2.24) is 14.8 Å². The molecule has 1 unspecified atom stereocenters. The van der Waals surface area contributed by atoms with Gasteiger partial charge < -0.3 is 10.5 Å². The molecule has 7 nitrogen and oxygen atoms in total. The van der Waals surface area contributed by atoms with E-state index in [1.807, 2.05) is 30.3 Å². The Hall–Kier alpha value is -2.84. The molecule has 8 heteroatoms. The smallest absolute Gasteiger partial charge is 0.288 e. The van der Waals surface area contributed by atoms with Gasteiger partial charge in [0.15, 0.2) is 5.82 Å². The number of benzene rings is 1. The maximum absolute atomic E-state index is 11.7. The number of methoxy groups -OCH3 is 1. The highest BCUT2D eigenvalue weighted by Gasteiger charge is 2.32. The van der Waals surface area contributed by atoms with Gasteiger partial charge in [0.2, 0.25) is 12.1 Å². The SMILES string of the molecule is CCc1sc2c(c1CC)C(c1ccccc1)=NC(OC)c1nc(C(N)=O)nn1-2. The second kappa shape index (κ2) is 7.29. The molecular formula is C20H21N5O2S. The molecule has 144 valence electrons. The van der Waals surface area contributed by atoms with Crippen molar-refractivity contribution in [3.8, 4) is 5.00 Å². The van der Waals surface area contributed by atoms with Gasteiger partial charge in [0.1, 0.15) is 5.00 Å². The Bertz CT molecular complexity index is 1070. The van der Waals surface area contributed by atoms with Crippen LogP contribution in [-0.2, 0) is 17.6 Å². The number of carbonyl (C=O) groups excluding carboxylic acids is 1. The Morgan fingerprint density at radius 3 is 2.61 bits per heavy atom. The Morgan fingerprint density at radius 2 is 2.00 bits per heavy atom. The lowest BCUT2D eigenvalue weighted by molar-refractivity contribution is 0.0985. The van der Waals surface area contributed by atoms with Crippen LogP contribution < -0.4 is 5.73 Å². The Labute approximate surface area is 166 Å². The number of carbonyl (C=O) groups is 1. The molecule has 2 aromatic heterocycles. The van der Waals surface area contributed by atoms with Crippen molar-refractivity contribution < 1.29 is 9.53 Å². The predicted molar refractivity (Wildman–Crippen MR) is 108 cm³/mol. The van der Waals surface area contributed by atoms with Crippen molar-refractivity contribution in [2.75, 3.05) is 7.11 Å². The van der Waals surface area contributed by atoms with Crippen LogP contribution in [0.2, 0.25) is 0 Å². The van der Waals surface area contributed by atoms with Gasteiger partial charge in [0, 0.05) is 23.1 Å². The number of hydrogen-bond donors (Lipinski definition) is 1. The summed E-state index contributed by atoms with van der Waals surface area (Å²) in [6, 6.07) is 10.0. The largest absolute Gasteiger partial charge is 0.363 e. The minimum Gasteiger partial charge on any atom is -0.363 e. The Kier molecular flexibility index (Phi) is 4.82. The van der Waals surface area contributed by atoms with Crippen molar-refractivity contribution in [3.63, 3.8) is 0 Å². The number of ether oxygens (including phenoxy) is 1. The maximum Gasteiger partial charge on any atom is 0.288 e. The fourth-order valence-corrected chi connectivity index (χ4v) is 4.79. The van der Waals surface area contributed by atoms with Gasteiger partial charge in [0.25, 0.3) is 5.91 Å². The quantitative estimate of drug-likeness (QED) is 0.718. The molecule has 1 atom stereocenters. The number of thiophene rings is 1. The number of aryl methyl sites for hydroxylation is 1. The Morgan fingerprint density at radius 1 is 1.25 bits per heavy atom. The zero-order chi connectivity index (χ0) is 19.8. The minimum atomic E-state index is -0.690. The number of aromatic nitrogens is 3. The summed E-state index contributed by atoms with van der Waals surface area (Å²) in [5, 5.41) is 5.28. The molecule has 0 saturated carbocycles. The van der Waals surface area contributed by atoms with Crippen LogP contribution in [0.3, 0.4) is 0 Å². The number of nitrogens with zero attached hydrogens (tertiary/aromatic N) is 4. The second-order valence-electron chi connectivity index (χ2n) is 6.39. The first kappa shape index (κ1) is 18.5. The van der Waals surface area contributed by atoms with Crippen LogP contribution in [0.4, 0.5) is 0 Å². The van der Waals surface area contributed by atoms with Crippen LogP contribution in [0.1, 0.15) is 58.1 Å². The number of fused-ring (bicyclic) bond motifs is 3. The van der Waals surface area contributed by atoms with E-state index in [9.17, 15) is 4.79 Å². The molecule has 0 aliphatic carbocycles. The molecule has 1 aromatic carbocycles. The fraction of sp³-hybridized carbons (Fsp3) is 0.300. The predicted octanol–water partition coefficient (Wildman–Crippen LogP) is 3.05. The Balaban J connectivity index is 2.07. The van der Waals surface area contributed by atoms with Gasteiger partial charge >= 0.3 is 0 Å². The first-order chi connectivity index (χ1) is 13.6. The third kappa shape index (κ3) is 2.85. The van der Waals surface area contributed by atoms with Crippen molar-refractivity contribution in [1.29, 1.82) is 0 Å². The monoisotopic (exact) mass is 395 g/mol. The van der Waals surface area contributed by atoms with Crippen LogP contribution >= 0.6 is 11.3 Å². The van der Waals surface area contributed by atoms with Gasteiger partial charge in [-0.1, -0.05) is 44.2 Å². The lowest BCUT2D eigenvalue weighted by atomic mass is 9.97. The van der Waals surface area contributed by atoms with Crippen molar-refractivity contribution in [2.24, 2.45) is 10.7 Å². The number of hydrogen-bond acceptors (Lipinski definition) is 6. The van der Waals surface area contributed by atoms with E-state index in [0.717, 1.165) is 34.7 Å². The molecule has 1 amide bonds. The molecule has 0 fully saturated rings. The first-order valence-electron chi connectivity index (χ1n) is 9.17. The van der Waals surface area contributed by atoms with Gasteiger partial charge in [-0.05, 0) is 18.4 Å². The van der Waals surface area contributed by atoms with E-state index in [0.29, 0.717) is 5.82 Å². The van der Waals surface area contributed by atoms with Gasteiger partial charge in [0.05, 0.1) is 5.71 Å². The molecule has 0 saturated heterocycles. The van der Waals surface area contributed by atoms with E-state index >= 15 is 0 Å². The molecule has 0 bridgehead atoms. The molecule has 3 heterocycles. The van der Waals surface area contributed by atoms with E-state index in [1.54, 1.807) is 23.1 Å². The summed E-state index contributed by atoms with van der Waals surface area (Å²) in [7, 11) is 1.57. The van der Waals surface area contributed by atoms with Gasteiger partial charge in [-0.15, -0.1) is 16.4 Å². The summed E-state index contributed by atoms with van der Waals surface area (Å²) < 4.78 is 7.29. The van der Waals surface area contributed by atoms with Crippen LogP contribution in [0.15, 0.2) is 35.3 Å². The molecule has 4 rings (SSSR count). The lowest BCUT2D eigenvalue weighted by Gasteiger charge is -2.11. The number of rotatable bonds is 5. The van der Waals surface area contributed by atoms with Gasteiger partial charge in [-0.3, -0.25) is 4.79 Å². The van der Waals surface area contributed by atoms with Crippen molar-refractivity contribution >= 4 is 23.0 Å². The van der Waals surface area contributed by atoms with E-state index in [-0.39, 0.29) is 5.82 Å². The fourth-order valence-electron chi connectivity index (χ4n) is 3.50. The molecule has 0 radical (unpaired) electrons. The number of aliphatic imine (C=N–C) groups is 1. The third-order valence-corrected chi connectivity index (χ3v) is 6.12. The summed E-state index contributed by atoms with van der Waals surface area (Å²) >= 11 is 1.65. The number of primary amides is 1. The van der Waals surface area contributed by atoms with Crippen LogP contribution in [-0.4, -0.2) is 33.5 Å². The summed E-state index contributed by atoms with van der Waals surface area (Å²) in [6.45, 7) is 4.28. The molecule has 0 spiro atoms. The average Bonchev–Trinajstić information content (AvgIpc) is 3.28. The number of amides is 1. The lowest BCUT2D eigenvalue weighted by Crippen LogP contribution is -2.14. The highest BCUT2D eigenvalue weighted by atomic mass is 32.1. The number of nitrogens with two attached hydrogens (primary N) is 1. The van der Waals surface area contributed by atoms with Crippen molar-refractivity contribution in [3.05, 3.63) is 63.5 Å². The zero-order valence-electron chi connectivity index (χ0n) is 16.0.